The van der Waals surface area contributed by atoms with Crippen molar-refractivity contribution in [2.24, 2.45) is 4.99 Å². The maximum Gasteiger partial charge on any atom is 0.251 e. The van der Waals surface area contributed by atoms with E-state index in [2.05, 4.69) is 20.9 Å². The van der Waals surface area contributed by atoms with Crippen LogP contribution in [0.25, 0.3) is 0 Å². The third-order valence-electron chi connectivity index (χ3n) is 5.08. The van der Waals surface area contributed by atoms with Gasteiger partial charge in [-0.2, -0.15) is 0 Å². The lowest BCUT2D eigenvalue weighted by Crippen LogP contribution is -2.41. The van der Waals surface area contributed by atoms with Crippen molar-refractivity contribution in [3.05, 3.63) is 65.5 Å². The van der Waals surface area contributed by atoms with Gasteiger partial charge in [0.2, 0.25) is 0 Å². The van der Waals surface area contributed by atoms with Crippen molar-refractivity contribution in [2.45, 2.75) is 38.5 Å². The predicted molar refractivity (Wildman–Crippen MR) is 122 cm³/mol. The lowest BCUT2D eigenvalue weighted by atomic mass is 10.1. The van der Waals surface area contributed by atoms with Crippen LogP contribution in [0.15, 0.2) is 53.5 Å². The molecule has 0 aliphatic carbocycles. The van der Waals surface area contributed by atoms with Crippen molar-refractivity contribution in [2.75, 3.05) is 26.7 Å². The summed E-state index contributed by atoms with van der Waals surface area (Å²) in [5.74, 6) is 0.654. The quantitative estimate of drug-likeness (QED) is 0.411. The first-order valence-electron chi connectivity index (χ1n) is 10.9. The van der Waals surface area contributed by atoms with Crippen molar-refractivity contribution in [1.82, 2.24) is 16.0 Å². The molecule has 1 fully saturated rings. The van der Waals surface area contributed by atoms with Crippen LogP contribution in [-0.4, -0.2) is 50.8 Å². The summed E-state index contributed by atoms with van der Waals surface area (Å²) in [5.41, 5.74) is 1.57. The van der Waals surface area contributed by atoms with Gasteiger partial charge in [-0.25, -0.2) is 4.39 Å². The van der Waals surface area contributed by atoms with Gasteiger partial charge in [-0.15, -0.1) is 0 Å². The first-order chi connectivity index (χ1) is 15.5. The lowest BCUT2D eigenvalue weighted by Gasteiger charge is -2.18. The third kappa shape index (κ3) is 7.53. The van der Waals surface area contributed by atoms with Crippen molar-refractivity contribution in [1.29, 1.82) is 0 Å². The van der Waals surface area contributed by atoms with E-state index in [1.807, 2.05) is 25.1 Å². The van der Waals surface area contributed by atoms with E-state index < -0.39 is 0 Å². The van der Waals surface area contributed by atoms with E-state index in [1.54, 1.807) is 25.2 Å². The topological polar surface area (TPSA) is 84.0 Å². The molecule has 7 nitrogen and oxygen atoms in total. The summed E-state index contributed by atoms with van der Waals surface area (Å²) in [6.45, 7) is 4.19. The fraction of sp³-hybridized carbons (Fsp3) is 0.417. The SMILES string of the molecule is CN=C(NCc1cccc(C(=O)NCC2CCCO2)c1)NCC(C)Oc1cccc(F)c1. The number of ether oxygens (including phenoxy) is 2. The minimum absolute atomic E-state index is 0.104. The van der Waals surface area contributed by atoms with Gasteiger partial charge in [-0.3, -0.25) is 9.79 Å². The Labute approximate surface area is 188 Å². The van der Waals surface area contributed by atoms with Gasteiger partial charge >= 0.3 is 0 Å². The normalized spacial score (nSPS) is 17.0. The van der Waals surface area contributed by atoms with E-state index in [0.29, 0.717) is 36.9 Å². The highest BCUT2D eigenvalue weighted by Gasteiger charge is 2.16. The van der Waals surface area contributed by atoms with E-state index in [9.17, 15) is 9.18 Å². The molecule has 2 atom stereocenters. The molecule has 3 rings (SSSR count). The summed E-state index contributed by atoms with van der Waals surface area (Å²) in [5, 5.41) is 9.36. The van der Waals surface area contributed by atoms with E-state index >= 15 is 0 Å². The Balaban J connectivity index is 1.43. The molecule has 3 N–H and O–H groups in total. The number of carbonyl (C=O) groups excluding carboxylic acids is 1. The third-order valence-corrected chi connectivity index (χ3v) is 5.08. The first-order valence-corrected chi connectivity index (χ1v) is 10.9. The molecular weight excluding hydrogens is 411 g/mol. The highest BCUT2D eigenvalue weighted by molar-refractivity contribution is 5.94. The molecule has 0 saturated carbocycles. The minimum Gasteiger partial charge on any atom is -0.489 e. The van der Waals surface area contributed by atoms with Crippen LogP contribution < -0.4 is 20.7 Å². The van der Waals surface area contributed by atoms with Gasteiger partial charge in [0.1, 0.15) is 17.7 Å². The standard InChI is InChI=1S/C24H31FN4O3/c1-17(32-21-9-4-8-20(25)13-21)14-28-24(26-2)29-15-18-6-3-7-19(12-18)23(30)27-16-22-10-5-11-31-22/h3-4,6-9,12-13,17,22H,5,10-11,14-16H2,1-2H3,(H,27,30)(H2,26,28,29). The monoisotopic (exact) mass is 442 g/mol. The fourth-order valence-corrected chi connectivity index (χ4v) is 3.40. The predicted octanol–water partition coefficient (Wildman–Crippen LogP) is 2.87. The maximum atomic E-state index is 13.3. The number of aliphatic imine (C=N–C) groups is 1. The molecule has 0 bridgehead atoms. The number of benzene rings is 2. The molecule has 2 aromatic rings. The number of hydrogen-bond acceptors (Lipinski definition) is 4. The minimum atomic E-state index is -0.331. The van der Waals surface area contributed by atoms with Crippen LogP contribution in [0, 0.1) is 5.82 Å². The molecular formula is C24H31FN4O3. The molecule has 0 spiro atoms. The zero-order chi connectivity index (χ0) is 22.8. The molecule has 2 aromatic carbocycles. The van der Waals surface area contributed by atoms with Crippen LogP contribution in [0.1, 0.15) is 35.7 Å². The van der Waals surface area contributed by atoms with Gasteiger partial charge in [-0.05, 0) is 49.6 Å². The van der Waals surface area contributed by atoms with Crippen molar-refractivity contribution < 1.29 is 18.7 Å². The smallest absolute Gasteiger partial charge is 0.251 e. The van der Waals surface area contributed by atoms with E-state index in [4.69, 9.17) is 9.47 Å². The highest BCUT2D eigenvalue weighted by Crippen LogP contribution is 2.14. The van der Waals surface area contributed by atoms with Gasteiger partial charge in [0.15, 0.2) is 5.96 Å². The fourth-order valence-electron chi connectivity index (χ4n) is 3.40. The number of halogens is 1. The highest BCUT2D eigenvalue weighted by atomic mass is 19.1. The Hall–Kier alpha value is -3.13. The van der Waals surface area contributed by atoms with Crippen LogP contribution >= 0.6 is 0 Å². The Kier molecular flexibility index (Phi) is 8.86. The molecule has 32 heavy (non-hydrogen) atoms. The molecule has 1 aliphatic rings. The van der Waals surface area contributed by atoms with Crippen LogP contribution in [0.2, 0.25) is 0 Å². The van der Waals surface area contributed by atoms with Crippen molar-refractivity contribution in [3.8, 4) is 5.75 Å². The Bertz CT molecular complexity index is 916. The second kappa shape index (κ2) is 12.0. The number of amides is 1. The Morgan fingerprint density at radius 3 is 2.81 bits per heavy atom. The second-order valence-electron chi connectivity index (χ2n) is 7.74. The molecule has 1 heterocycles. The summed E-state index contributed by atoms with van der Waals surface area (Å²) in [6.07, 6.45) is 1.96. The number of rotatable bonds is 9. The summed E-state index contributed by atoms with van der Waals surface area (Å²) in [6, 6.07) is 13.5. The number of nitrogens with one attached hydrogen (secondary N) is 3. The van der Waals surface area contributed by atoms with Crippen LogP contribution in [0.3, 0.4) is 0 Å². The van der Waals surface area contributed by atoms with Crippen LogP contribution in [0.5, 0.6) is 5.75 Å². The Morgan fingerprint density at radius 1 is 1.22 bits per heavy atom. The largest absolute Gasteiger partial charge is 0.489 e. The number of nitrogens with zero attached hydrogens (tertiary/aromatic N) is 1. The molecule has 1 aliphatic heterocycles. The molecule has 172 valence electrons. The zero-order valence-electron chi connectivity index (χ0n) is 18.6. The molecule has 8 heteroatoms. The zero-order valence-corrected chi connectivity index (χ0v) is 18.6. The van der Waals surface area contributed by atoms with Crippen LogP contribution in [0.4, 0.5) is 4.39 Å². The molecule has 1 saturated heterocycles. The molecule has 0 aromatic heterocycles. The van der Waals surface area contributed by atoms with Crippen LogP contribution in [-0.2, 0) is 11.3 Å². The van der Waals surface area contributed by atoms with E-state index in [0.717, 1.165) is 25.0 Å². The molecule has 0 radical (unpaired) electrons. The summed E-state index contributed by atoms with van der Waals surface area (Å²) in [7, 11) is 1.68. The molecule has 2 unspecified atom stereocenters. The lowest BCUT2D eigenvalue weighted by molar-refractivity contribution is 0.0857. The van der Waals surface area contributed by atoms with Gasteiger partial charge in [-0.1, -0.05) is 18.2 Å². The summed E-state index contributed by atoms with van der Waals surface area (Å²) >= 11 is 0. The van der Waals surface area contributed by atoms with Crippen molar-refractivity contribution >= 4 is 11.9 Å². The first kappa shape index (κ1) is 23.5. The number of hydrogen-bond donors (Lipinski definition) is 3. The number of guanidine groups is 1. The van der Waals surface area contributed by atoms with Gasteiger partial charge in [0, 0.05) is 38.4 Å². The summed E-state index contributed by atoms with van der Waals surface area (Å²) in [4.78, 5) is 16.6. The van der Waals surface area contributed by atoms with Gasteiger partial charge in [0.25, 0.3) is 5.91 Å². The van der Waals surface area contributed by atoms with E-state index in [-0.39, 0.29) is 23.9 Å². The van der Waals surface area contributed by atoms with Gasteiger partial charge in [0.05, 0.1) is 12.6 Å². The number of carbonyl (C=O) groups is 1. The summed E-state index contributed by atoms with van der Waals surface area (Å²) < 4.78 is 24.5. The average molecular weight is 443 g/mol. The van der Waals surface area contributed by atoms with Gasteiger partial charge < -0.3 is 25.4 Å². The molecule has 1 amide bonds. The Morgan fingerprint density at radius 2 is 2.06 bits per heavy atom. The maximum absolute atomic E-state index is 13.3. The average Bonchev–Trinajstić information content (AvgIpc) is 3.31. The van der Waals surface area contributed by atoms with E-state index in [1.165, 1.54) is 12.1 Å². The van der Waals surface area contributed by atoms with Crippen molar-refractivity contribution in [3.63, 3.8) is 0 Å². The second-order valence-corrected chi connectivity index (χ2v) is 7.74.